The van der Waals surface area contributed by atoms with E-state index in [9.17, 15) is 0 Å². The molecule has 0 saturated heterocycles. The second kappa shape index (κ2) is 11.1. The molecule has 50 heavy (non-hydrogen) atoms. The molecular formula is C46H31N3O. The monoisotopic (exact) mass is 641 g/mol. The highest BCUT2D eigenvalue weighted by atomic mass is 16.3. The fourth-order valence-electron chi connectivity index (χ4n) is 7.81. The third-order valence-corrected chi connectivity index (χ3v) is 10.4. The molecule has 1 unspecified atom stereocenters. The van der Waals surface area contributed by atoms with Gasteiger partial charge in [0.2, 0.25) is 0 Å². The number of hydrogen-bond donors (Lipinski definition) is 0. The maximum absolute atomic E-state index is 6.28. The largest absolute Gasteiger partial charge is 0.456 e. The number of para-hydroxylation sites is 1. The summed E-state index contributed by atoms with van der Waals surface area (Å²) in [6.45, 7) is 2.27. The summed E-state index contributed by atoms with van der Waals surface area (Å²) in [7, 11) is 0. The lowest BCUT2D eigenvalue weighted by Crippen LogP contribution is -2.29. The molecule has 1 aliphatic carbocycles. The van der Waals surface area contributed by atoms with E-state index in [4.69, 9.17) is 19.4 Å². The van der Waals surface area contributed by atoms with Crippen molar-refractivity contribution in [1.29, 1.82) is 0 Å². The molecule has 0 aliphatic heterocycles. The van der Waals surface area contributed by atoms with Crippen LogP contribution in [0.5, 0.6) is 0 Å². The molecule has 0 saturated carbocycles. The minimum Gasteiger partial charge on any atom is -0.456 e. The molecule has 4 nitrogen and oxygen atoms in total. The Hall–Kier alpha value is -6.39. The maximum atomic E-state index is 6.28. The topological polar surface area (TPSA) is 51.8 Å². The number of hydrogen-bond acceptors (Lipinski definition) is 4. The molecule has 2 aromatic heterocycles. The summed E-state index contributed by atoms with van der Waals surface area (Å²) in [4.78, 5) is 15.6. The minimum atomic E-state index is -0.499. The van der Waals surface area contributed by atoms with E-state index < -0.39 is 5.41 Å². The molecule has 1 aliphatic rings. The standard InChI is InChI=1S/C46H31N3O/c1-46(27-11-19-36-35(17-9-20-39(36)46)37-18-10-22-41-42(37)38-16-7-8-21-40(38)50-41)45-48-43(30-13-3-2-4-14-30)47-44(49-45)32-25-26-34-31(28-32)24-23-29-12-5-6-15-33(29)34/h2-26,28H,27H2,1H3. The van der Waals surface area contributed by atoms with Gasteiger partial charge in [-0.1, -0.05) is 140 Å². The van der Waals surface area contributed by atoms with Crippen LogP contribution in [-0.2, 0) is 5.41 Å². The average molecular weight is 642 g/mol. The van der Waals surface area contributed by atoms with Gasteiger partial charge >= 0.3 is 0 Å². The van der Waals surface area contributed by atoms with Crippen molar-refractivity contribution in [3.63, 3.8) is 0 Å². The van der Waals surface area contributed by atoms with E-state index in [1.807, 2.05) is 30.3 Å². The van der Waals surface area contributed by atoms with Gasteiger partial charge in [-0.3, -0.25) is 0 Å². The van der Waals surface area contributed by atoms with Gasteiger partial charge < -0.3 is 4.42 Å². The van der Waals surface area contributed by atoms with E-state index in [1.165, 1.54) is 32.8 Å². The number of nitrogens with zero attached hydrogens (tertiary/aromatic N) is 3. The summed E-state index contributed by atoms with van der Waals surface area (Å²) in [5.74, 6) is 2.11. The van der Waals surface area contributed by atoms with Crippen molar-refractivity contribution in [2.24, 2.45) is 0 Å². The van der Waals surface area contributed by atoms with E-state index in [1.54, 1.807) is 0 Å². The van der Waals surface area contributed by atoms with E-state index >= 15 is 0 Å². The molecule has 0 radical (unpaired) electrons. The van der Waals surface area contributed by atoms with Crippen molar-refractivity contribution in [3.8, 4) is 33.9 Å². The van der Waals surface area contributed by atoms with Crippen LogP contribution in [0.2, 0.25) is 0 Å². The van der Waals surface area contributed by atoms with Gasteiger partial charge in [0.05, 0.1) is 5.41 Å². The lowest BCUT2D eigenvalue weighted by Gasteiger charge is -2.33. The summed E-state index contributed by atoms with van der Waals surface area (Å²) in [6.07, 6.45) is 5.30. The second-order valence-corrected chi connectivity index (χ2v) is 13.4. The van der Waals surface area contributed by atoms with Gasteiger partial charge in [-0.15, -0.1) is 0 Å². The Kier molecular flexibility index (Phi) is 6.34. The van der Waals surface area contributed by atoms with Crippen molar-refractivity contribution >= 4 is 49.6 Å². The van der Waals surface area contributed by atoms with Gasteiger partial charge in [-0.25, -0.2) is 15.0 Å². The average Bonchev–Trinajstić information content (AvgIpc) is 3.57. The molecule has 0 fully saturated rings. The molecule has 236 valence electrons. The van der Waals surface area contributed by atoms with E-state index in [-0.39, 0.29) is 0 Å². The van der Waals surface area contributed by atoms with E-state index in [0.717, 1.165) is 56.3 Å². The number of fused-ring (bicyclic) bond motifs is 7. The first-order chi connectivity index (χ1) is 24.6. The fourth-order valence-corrected chi connectivity index (χ4v) is 7.81. The zero-order valence-electron chi connectivity index (χ0n) is 27.5. The molecule has 0 bridgehead atoms. The molecular weight excluding hydrogens is 611 g/mol. The third kappa shape index (κ3) is 4.42. The van der Waals surface area contributed by atoms with Crippen LogP contribution >= 0.6 is 0 Å². The molecule has 2 heterocycles. The van der Waals surface area contributed by atoms with Gasteiger partial charge in [-0.05, 0) is 75.3 Å². The highest BCUT2D eigenvalue weighted by Crippen LogP contribution is 2.46. The molecule has 7 aromatic carbocycles. The SMILES string of the molecule is CC1(c2nc(-c3ccccc3)nc(-c3ccc4c(ccc5ccccc54)c3)n2)CC=Cc2c(-c3cccc4oc5ccccc5c34)cccc21. The van der Waals surface area contributed by atoms with Crippen LogP contribution in [0, 0.1) is 0 Å². The number of rotatable bonds is 4. The van der Waals surface area contributed by atoms with Crippen LogP contribution in [0.3, 0.4) is 0 Å². The van der Waals surface area contributed by atoms with E-state index in [2.05, 4.69) is 134 Å². The van der Waals surface area contributed by atoms with Gasteiger partial charge in [0.25, 0.3) is 0 Å². The van der Waals surface area contributed by atoms with Crippen LogP contribution in [0.25, 0.3) is 83.5 Å². The Morgan fingerprint density at radius 2 is 1.24 bits per heavy atom. The lowest BCUT2D eigenvalue weighted by molar-refractivity contribution is 0.533. The number of allylic oxidation sites excluding steroid dienone is 1. The normalized spacial score (nSPS) is 15.6. The lowest BCUT2D eigenvalue weighted by atomic mass is 9.71. The first-order valence-corrected chi connectivity index (χ1v) is 17.1. The minimum absolute atomic E-state index is 0.499. The number of furan rings is 1. The Bertz CT molecular complexity index is 2810. The smallest absolute Gasteiger partial charge is 0.163 e. The Balaban J connectivity index is 1.17. The van der Waals surface area contributed by atoms with Crippen LogP contribution in [0.15, 0.2) is 156 Å². The highest BCUT2D eigenvalue weighted by molar-refractivity contribution is 6.13. The van der Waals surface area contributed by atoms with E-state index in [0.29, 0.717) is 11.6 Å². The molecule has 0 N–H and O–H groups in total. The maximum Gasteiger partial charge on any atom is 0.163 e. The summed E-state index contributed by atoms with van der Waals surface area (Å²) in [6, 6.07) is 50.9. The molecule has 10 rings (SSSR count). The Labute approximate surface area is 289 Å². The first kappa shape index (κ1) is 28.6. The second-order valence-electron chi connectivity index (χ2n) is 13.4. The Morgan fingerprint density at radius 3 is 2.14 bits per heavy atom. The molecule has 4 heteroatoms. The van der Waals surface area contributed by atoms with Crippen LogP contribution in [-0.4, -0.2) is 15.0 Å². The van der Waals surface area contributed by atoms with Crippen LogP contribution in [0.1, 0.15) is 30.3 Å². The fraction of sp³-hybridized carbons (Fsp3) is 0.0652. The molecule has 1 atom stereocenters. The zero-order valence-corrected chi connectivity index (χ0v) is 27.5. The van der Waals surface area contributed by atoms with Crippen molar-refractivity contribution in [2.75, 3.05) is 0 Å². The van der Waals surface area contributed by atoms with Crippen molar-refractivity contribution in [3.05, 3.63) is 169 Å². The van der Waals surface area contributed by atoms with Crippen LogP contribution in [0.4, 0.5) is 0 Å². The molecule has 0 amide bonds. The van der Waals surface area contributed by atoms with Crippen molar-refractivity contribution in [1.82, 2.24) is 15.0 Å². The van der Waals surface area contributed by atoms with Crippen molar-refractivity contribution in [2.45, 2.75) is 18.8 Å². The Morgan fingerprint density at radius 1 is 0.540 bits per heavy atom. The zero-order chi connectivity index (χ0) is 33.2. The summed E-state index contributed by atoms with van der Waals surface area (Å²) >= 11 is 0. The van der Waals surface area contributed by atoms with Gasteiger partial charge in [0, 0.05) is 21.9 Å². The summed E-state index contributed by atoms with van der Waals surface area (Å²) in [5, 5.41) is 7.11. The predicted octanol–water partition coefficient (Wildman–Crippen LogP) is 11.8. The number of aromatic nitrogens is 3. The summed E-state index contributed by atoms with van der Waals surface area (Å²) < 4.78 is 6.28. The third-order valence-electron chi connectivity index (χ3n) is 10.4. The predicted molar refractivity (Wildman–Crippen MR) is 205 cm³/mol. The summed E-state index contributed by atoms with van der Waals surface area (Å²) in [5.41, 5.74) is 7.92. The highest BCUT2D eigenvalue weighted by Gasteiger charge is 2.37. The van der Waals surface area contributed by atoms with Crippen LogP contribution < -0.4 is 0 Å². The van der Waals surface area contributed by atoms with Gasteiger partial charge in [0.1, 0.15) is 17.0 Å². The molecule has 9 aromatic rings. The van der Waals surface area contributed by atoms with Gasteiger partial charge in [-0.2, -0.15) is 0 Å². The van der Waals surface area contributed by atoms with Gasteiger partial charge in [0.15, 0.2) is 11.6 Å². The quantitative estimate of drug-likeness (QED) is 0.179. The van der Waals surface area contributed by atoms with Crippen molar-refractivity contribution < 1.29 is 4.42 Å². The first-order valence-electron chi connectivity index (χ1n) is 17.1. The number of benzene rings is 7. The molecule has 0 spiro atoms.